The van der Waals surface area contributed by atoms with Crippen molar-refractivity contribution in [3.05, 3.63) is 69.8 Å². The van der Waals surface area contributed by atoms with E-state index in [1.54, 1.807) is 19.0 Å². The van der Waals surface area contributed by atoms with E-state index < -0.39 is 92.4 Å². The van der Waals surface area contributed by atoms with Crippen LogP contribution in [-0.4, -0.2) is 183 Å². The lowest BCUT2D eigenvalue weighted by molar-refractivity contribution is -0.130. The van der Waals surface area contributed by atoms with E-state index in [4.69, 9.17) is 9.97 Å². The van der Waals surface area contributed by atoms with Gasteiger partial charge in [-0.25, -0.2) is 4.98 Å². The minimum absolute atomic E-state index is 0.0322. The van der Waals surface area contributed by atoms with Crippen LogP contribution in [0.15, 0.2) is 30.3 Å². The number of amides is 3. The number of aromatic amines is 2. The van der Waals surface area contributed by atoms with Crippen LogP contribution in [0.4, 0.5) is 0 Å². The van der Waals surface area contributed by atoms with Gasteiger partial charge in [0.15, 0.2) is 0 Å². The maximum atomic E-state index is 14.0. The number of aliphatic hydroxyl groups is 10. The summed E-state index contributed by atoms with van der Waals surface area (Å²) in [6, 6.07) is 9.95. The fourth-order valence-electron chi connectivity index (χ4n) is 11.2. The highest BCUT2D eigenvalue weighted by Gasteiger charge is 2.45. The van der Waals surface area contributed by atoms with Gasteiger partial charge in [-0.05, 0) is 98.2 Å². The first-order valence-electron chi connectivity index (χ1n) is 29.9. The molecule has 0 fully saturated rings. The lowest BCUT2D eigenvalue weighted by atomic mass is 9.70. The number of H-pyrrole nitrogens is 2. The quantitative estimate of drug-likeness (QED) is 0.0342. The Morgan fingerprint density at radius 3 is 1.65 bits per heavy atom. The Hall–Kier alpha value is -5.13. The smallest absolute Gasteiger partial charge is 0.223 e. The second kappa shape index (κ2) is 32.8. The van der Waals surface area contributed by atoms with Crippen molar-refractivity contribution in [1.82, 2.24) is 35.5 Å². The summed E-state index contributed by atoms with van der Waals surface area (Å²) in [5.41, 5.74) is 8.98. The van der Waals surface area contributed by atoms with Crippen molar-refractivity contribution in [2.75, 3.05) is 40.4 Å². The number of nitrogens with one attached hydrogen (secondary N) is 4. The van der Waals surface area contributed by atoms with Gasteiger partial charge in [-0.2, -0.15) is 0 Å². The molecule has 10 atom stereocenters. The van der Waals surface area contributed by atoms with E-state index in [0.29, 0.717) is 22.4 Å². The van der Waals surface area contributed by atoms with Crippen LogP contribution in [-0.2, 0) is 26.2 Å². The highest BCUT2D eigenvalue weighted by atomic mass is 16.4. The number of carbonyl (C=O) groups excluding carboxylic acids is 3. The van der Waals surface area contributed by atoms with Crippen molar-refractivity contribution in [2.24, 2.45) is 0 Å². The molecule has 14 N–H and O–H groups in total. The first-order chi connectivity index (χ1) is 39.0. The van der Waals surface area contributed by atoms with E-state index >= 15 is 0 Å². The van der Waals surface area contributed by atoms with Crippen LogP contribution in [0.25, 0.3) is 33.2 Å². The molecule has 0 unspecified atom stereocenters. The van der Waals surface area contributed by atoms with E-state index in [-0.39, 0.29) is 43.9 Å². The molecule has 0 aromatic carbocycles. The first kappa shape index (κ1) is 67.7. The minimum atomic E-state index is -1.86. The number of aromatic nitrogens is 4. The molecule has 0 spiro atoms. The van der Waals surface area contributed by atoms with Crippen molar-refractivity contribution >= 4 is 50.9 Å². The van der Waals surface area contributed by atoms with Gasteiger partial charge >= 0.3 is 0 Å². The maximum absolute atomic E-state index is 14.0. The number of fused-ring (bicyclic) bond motifs is 8. The molecular formula is C62H97N7O13. The summed E-state index contributed by atoms with van der Waals surface area (Å²) in [6.45, 7) is 7.66. The third-order valence-electron chi connectivity index (χ3n) is 16.8. The van der Waals surface area contributed by atoms with Gasteiger partial charge in [0.2, 0.25) is 17.7 Å². The van der Waals surface area contributed by atoms with Crippen molar-refractivity contribution < 1.29 is 65.4 Å². The van der Waals surface area contributed by atoms with Crippen LogP contribution in [0.1, 0.15) is 188 Å². The van der Waals surface area contributed by atoms with Crippen molar-refractivity contribution in [1.29, 1.82) is 0 Å². The van der Waals surface area contributed by atoms with Gasteiger partial charge in [-0.3, -0.25) is 19.4 Å². The monoisotopic (exact) mass is 1150 g/mol. The molecule has 3 amide bonds. The molecule has 82 heavy (non-hydrogen) atoms. The lowest BCUT2D eigenvalue weighted by Gasteiger charge is -2.32. The maximum Gasteiger partial charge on any atom is 0.223 e. The van der Waals surface area contributed by atoms with Crippen molar-refractivity contribution in [3.8, 4) is 0 Å². The molecule has 0 saturated carbocycles. The van der Waals surface area contributed by atoms with Gasteiger partial charge in [0.05, 0.1) is 36.8 Å². The Labute approximate surface area is 483 Å². The SMILES string of the molecule is CCCCCCCCCCCCCCCC[C@H]1c2cc3[nH]c(cc4nc(cc5[nH]c(cc(n2)[C@]1(C)CC(=O)N(C)C)c(C)c5CCC(=O)NC[C@H](O)[C@@H](O)[C@H](O)[C@H](O)CO)C(CCC(=O)NC[C@H](O)[C@@H](O)[C@H](O)[C@H](O)CO)=C4C)cc3C. The first-order valence-corrected chi connectivity index (χ1v) is 29.9. The average molecular weight is 1150 g/mol. The summed E-state index contributed by atoms with van der Waals surface area (Å²) in [5.74, 6) is -1.12. The molecule has 2 aliphatic rings. The molecule has 0 saturated heterocycles. The summed E-state index contributed by atoms with van der Waals surface area (Å²) < 4.78 is 0. The normalized spacial score (nSPS) is 18.4. The highest BCUT2D eigenvalue weighted by molar-refractivity contribution is 5.94. The zero-order chi connectivity index (χ0) is 60.3. The number of nitrogens with zero attached hydrogens (tertiary/aromatic N) is 3. The summed E-state index contributed by atoms with van der Waals surface area (Å²) in [6.07, 6.45) is 4.48. The molecule has 2 aliphatic heterocycles. The van der Waals surface area contributed by atoms with Crippen molar-refractivity contribution in [3.63, 3.8) is 0 Å². The van der Waals surface area contributed by atoms with Crippen LogP contribution >= 0.6 is 0 Å². The third-order valence-corrected chi connectivity index (χ3v) is 16.8. The number of aliphatic hydroxyl groups excluding tert-OH is 10. The molecule has 0 aliphatic carbocycles. The van der Waals surface area contributed by atoms with Gasteiger partial charge < -0.3 is 76.6 Å². The number of hydrogen-bond donors (Lipinski definition) is 14. The predicted molar refractivity (Wildman–Crippen MR) is 317 cm³/mol. The Bertz CT molecular complexity index is 2740. The van der Waals surface area contributed by atoms with Gasteiger partial charge in [0.1, 0.15) is 36.6 Å². The summed E-state index contributed by atoms with van der Waals surface area (Å²) in [7, 11) is 3.52. The van der Waals surface area contributed by atoms with E-state index in [0.717, 1.165) is 75.9 Å². The highest BCUT2D eigenvalue weighted by Crippen LogP contribution is 2.48. The fourth-order valence-corrected chi connectivity index (χ4v) is 11.2. The average Bonchev–Trinajstić information content (AvgIpc) is 4.34. The number of carbonyl (C=O) groups is 3. The molecule has 5 heterocycles. The Morgan fingerprint density at radius 1 is 0.610 bits per heavy atom. The fraction of sp³-hybridized carbons (Fsp3) is 0.661. The van der Waals surface area contributed by atoms with Crippen LogP contribution < -0.4 is 10.6 Å². The minimum Gasteiger partial charge on any atom is -0.394 e. The lowest BCUT2D eigenvalue weighted by Crippen LogP contribution is -2.49. The van der Waals surface area contributed by atoms with Crippen LogP contribution in [0.2, 0.25) is 0 Å². The molecule has 8 bridgehead atoms. The Balaban J connectivity index is 1.54. The van der Waals surface area contributed by atoms with E-state index in [9.17, 15) is 65.4 Å². The largest absolute Gasteiger partial charge is 0.394 e. The van der Waals surface area contributed by atoms with Crippen LogP contribution in [0.5, 0.6) is 0 Å². The predicted octanol–water partition coefficient (Wildman–Crippen LogP) is 5.07. The second-order valence-corrected chi connectivity index (χ2v) is 23.4. The van der Waals surface area contributed by atoms with Gasteiger partial charge in [-0.15, -0.1) is 0 Å². The molecule has 458 valence electrons. The Kier molecular flexibility index (Phi) is 27.1. The standard InChI is InChI=1S/C62H97N7O13/c1-8-9-10-11-12-13-14-15-16-17-18-19-20-21-22-43-49-29-44-37(2)27-40(65-44)28-45-38(3)41(23-25-55(76)63-33-50(72)58(79)60(81)52(74)35-70)47(66-45)30-48-42(24-26-56(77)64-34-51(73)59(80)61(82)53(75)36-71)39(4)46(67-48)31-54(68-49)62(43,5)32-57(78)69(6)7/h27-31,43,50-53,58-61,65,67,70-75,79-82H,8-26,32-36H2,1-7H3,(H,63,76)(H,64,77)/t43-,50-,51-,52+,53+,58+,59+,60+,61+,62+/m0/s1. The number of unbranched alkanes of at least 4 members (excludes halogenated alkanes) is 13. The number of allylic oxidation sites excluding steroid dienone is 2. The zero-order valence-corrected chi connectivity index (χ0v) is 49.6. The molecule has 3 aromatic heterocycles. The molecule has 20 heteroatoms. The van der Waals surface area contributed by atoms with Crippen LogP contribution in [0.3, 0.4) is 0 Å². The number of hydrogen-bond acceptors (Lipinski definition) is 15. The summed E-state index contributed by atoms with van der Waals surface area (Å²) in [5, 5.41) is 105. The van der Waals surface area contributed by atoms with Crippen LogP contribution in [0, 0.1) is 13.8 Å². The zero-order valence-electron chi connectivity index (χ0n) is 49.6. The number of rotatable bonds is 35. The van der Waals surface area contributed by atoms with Gasteiger partial charge in [0, 0.05) is 91.2 Å². The summed E-state index contributed by atoms with van der Waals surface area (Å²) >= 11 is 0. The summed E-state index contributed by atoms with van der Waals surface area (Å²) in [4.78, 5) is 60.3. The molecule has 5 rings (SSSR count). The van der Waals surface area contributed by atoms with Gasteiger partial charge in [-0.1, -0.05) is 104 Å². The van der Waals surface area contributed by atoms with Gasteiger partial charge in [0.25, 0.3) is 0 Å². The molecule has 0 radical (unpaired) electrons. The number of aryl methyl sites for hydroxylation is 3. The van der Waals surface area contributed by atoms with E-state index in [1.807, 2.05) is 45.0 Å². The third kappa shape index (κ3) is 18.7. The topological polar surface area (TPSA) is 338 Å². The Morgan fingerprint density at radius 2 is 1.12 bits per heavy atom. The van der Waals surface area contributed by atoms with Crippen molar-refractivity contribution in [2.45, 2.75) is 223 Å². The van der Waals surface area contributed by atoms with E-state index in [1.165, 1.54) is 70.6 Å². The second-order valence-electron chi connectivity index (χ2n) is 23.4. The molecular weight excluding hydrogens is 1050 g/mol. The van der Waals surface area contributed by atoms with E-state index in [2.05, 4.69) is 40.5 Å². The molecule has 3 aromatic rings. The molecule has 20 nitrogen and oxygen atoms in total.